The Balaban J connectivity index is 3.94. The van der Waals surface area contributed by atoms with Crippen LogP contribution in [0.5, 0.6) is 0 Å². The number of hydrogen-bond acceptors (Lipinski definition) is 2. The first-order valence-corrected chi connectivity index (χ1v) is 4.19. The summed E-state index contributed by atoms with van der Waals surface area (Å²) in [5, 5.41) is 11.2. The molecule has 0 rings (SSSR count). The monoisotopic (exact) mass is 168 g/mol. The average molecular weight is 168 g/mol. The molecular weight excluding hydrogens is 152 g/mol. The lowest BCUT2D eigenvalue weighted by molar-refractivity contribution is -0.123. The molecule has 0 aromatic rings. The Hall–Kier alpha value is -1.04. The molecule has 0 aliphatic rings. The summed E-state index contributed by atoms with van der Waals surface area (Å²) in [7, 11) is 0. The molecule has 2 unspecified atom stereocenters. The van der Waals surface area contributed by atoms with Crippen molar-refractivity contribution in [1.29, 1.82) is 5.26 Å². The molecule has 0 radical (unpaired) electrons. The lowest BCUT2D eigenvalue weighted by Crippen LogP contribution is -2.38. The Morgan fingerprint density at radius 3 is 2.17 bits per heavy atom. The van der Waals surface area contributed by atoms with Crippen molar-refractivity contribution in [3.8, 4) is 6.07 Å². The first-order chi connectivity index (χ1) is 5.49. The van der Waals surface area contributed by atoms with Gasteiger partial charge in [0.1, 0.15) is 5.92 Å². The Labute approximate surface area is 73.8 Å². The maximum Gasteiger partial charge on any atom is 0.237 e. The van der Waals surface area contributed by atoms with E-state index in [4.69, 9.17) is 5.26 Å². The number of nitrogens with one attached hydrogen (secondary N) is 1. The summed E-state index contributed by atoms with van der Waals surface area (Å²) in [5.74, 6) is -0.329. The second kappa shape index (κ2) is 4.76. The van der Waals surface area contributed by atoms with Gasteiger partial charge in [0.25, 0.3) is 0 Å². The molecule has 0 saturated heterocycles. The standard InChI is InChI=1S/C9H16N2O/c1-6(2)8(4)11-9(12)7(3)5-10/h6-8H,1-4H3,(H,11,12). The van der Waals surface area contributed by atoms with Crippen LogP contribution in [-0.4, -0.2) is 11.9 Å². The molecule has 0 aliphatic heterocycles. The van der Waals surface area contributed by atoms with Crippen LogP contribution in [0.3, 0.4) is 0 Å². The quantitative estimate of drug-likeness (QED) is 0.690. The fourth-order valence-electron chi connectivity index (χ4n) is 0.575. The van der Waals surface area contributed by atoms with Crippen molar-refractivity contribution in [1.82, 2.24) is 5.32 Å². The second-order valence-corrected chi connectivity index (χ2v) is 3.39. The Morgan fingerprint density at radius 2 is 1.83 bits per heavy atom. The maximum atomic E-state index is 11.2. The third-order valence-corrected chi connectivity index (χ3v) is 1.96. The zero-order valence-corrected chi connectivity index (χ0v) is 8.09. The molecule has 1 N–H and O–H groups in total. The Kier molecular flexibility index (Phi) is 4.35. The predicted molar refractivity (Wildman–Crippen MR) is 47.2 cm³/mol. The highest BCUT2D eigenvalue weighted by Crippen LogP contribution is 2.01. The van der Waals surface area contributed by atoms with Gasteiger partial charge in [0.15, 0.2) is 0 Å². The Bertz CT molecular complexity index is 193. The van der Waals surface area contributed by atoms with Crippen molar-refractivity contribution in [2.45, 2.75) is 33.7 Å². The van der Waals surface area contributed by atoms with E-state index in [2.05, 4.69) is 5.32 Å². The predicted octanol–water partition coefficient (Wildman–Crippen LogP) is 1.31. The number of nitriles is 1. The summed E-state index contributed by atoms with van der Waals surface area (Å²) in [5.41, 5.74) is 0. The molecule has 12 heavy (non-hydrogen) atoms. The van der Waals surface area contributed by atoms with E-state index >= 15 is 0 Å². The van der Waals surface area contributed by atoms with Crippen LogP contribution in [0.15, 0.2) is 0 Å². The van der Waals surface area contributed by atoms with Gasteiger partial charge in [-0.2, -0.15) is 5.26 Å². The number of nitrogens with zero attached hydrogens (tertiary/aromatic N) is 1. The van der Waals surface area contributed by atoms with Crippen LogP contribution in [0.2, 0.25) is 0 Å². The number of amides is 1. The van der Waals surface area contributed by atoms with E-state index in [1.165, 1.54) is 0 Å². The van der Waals surface area contributed by atoms with Gasteiger partial charge in [0, 0.05) is 6.04 Å². The van der Waals surface area contributed by atoms with Crippen LogP contribution in [0.25, 0.3) is 0 Å². The zero-order chi connectivity index (χ0) is 9.72. The van der Waals surface area contributed by atoms with E-state index in [0.717, 1.165) is 0 Å². The fraction of sp³-hybridized carbons (Fsp3) is 0.778. The van der Waals surface area contributed by atoms with Crippen molar-refractivity contribution in [3.05, 3.63) is 0 Å². The highest BCUT2D eigenvalue weighted by Gasteiger charge is 2.15. The highest BCUT2D eigenvalue weighted by molar-refractivity contribution is 5.80. The lowest BCUT2D eigenvalue weighted by Gasteiger charge is -2.17. The third kappa shape index (κ3) is 3.38. The van der Waals surface area contributed by atoms with Gasteiger partial charge in [-0.25, -0.2) is 0 Å². The van der Waals surface area contributed by atoms with E-state index in [0.29, 0.717) is 5.92 Å². The van der Waals surface area contributed by atoms with Gasteiger partial charge in [0.2, 0.25) is 5.91 Å². The molecule has 0 spiro atoms. The smallest absolute Gasteiger partial charge is 0.237 e. The normalized spacial score (nSPS) is 15.0. The molecule has 0 aromatic carbocycles. The third-order valence-electron chi connectivity index (χ3n) is 1.96. The molecule has 0 bridgehead atoms. The summed E-state index contributed by atoms with van der Waals surface area (Å²) in [6.07, 6.45) is 0. The summed E-state index contributed by atoms with van der Waals surface area (Å²) in [6.45, 7) is 7.60. The van der Waals surface area contributed by atoms with Crippen molar-refractivity contribution >= 4 is 5.91 Å². The topological polar surface area (TPSA) is 52.9 Å². The zero-order valence-electron chi connectivity index (χ0n) is 8.09. The molecule has 68 valence electrons. The number of rotatable bonds is 3. The van der Waals surface area contributed by atoms with Crippen LogP contribution in [0.4, 0.5) is 0 Å². The van der Waals surface area contributed by atoms with Crippen molar-refractivity contribution in [3.63, 3.8) is 0 Å². The van der Waals surface area contributed by atoms with Crippen LogP contribution in [0.1, 0.15) is 27.7 Å². The van der Waals surface area contributed by atoms with E-state index in [1.807, 2.05) is 26.8 Å². The minimum atomic E-state index is -0.550. The number of hydrogen-bond donors (Lipinski definition) is 1. The maximum absolute atomic E-state index is 11.2. The fourth-order valence-corrected chi connectivity index (χ4v) is 0.575. The van der Waals surface area contributed by atoms with E-state index in [9.17, 15) is 4.79 Å². The minimum Gasteiger partial charge on any atom is -0.352 e. The van der Waals surface area contributed by atoms with Gasteiger partial charge in [-0.1, -0.05) is 13.8 Å². The molecule has 3 nitrogen and oxygen atoms in total. The van der Waals surface area contributed by atoms with Crippen molar-refractivity contribution < 1.29 is 4.79 Å². The van der Waals surface area contributed by atoms with Gasteiger partial charge in [-0.3, -0.25) is 4.79 Å². The van der Waals surface area contributed by atoms with Crippen LogP contribution >= 0.6 is 0 Å². The molecule has 2 atom stereocenters. The second-order valence-electron chi connectivity index (χ2n) is 3.39. The van der Waals surface area contributed by atoms with Gasteiger partial charge in [-0.15, -0.1) is 0 Å². The van der Waals surface area contributed by atoms with Crippen LogP contribution in [-0.2, 0) is 4.79 Å². The average Bonchev–Trinajstić information content (AvgIpc) is 2.02. The van der Waals surface area contributed by atoms with Gasteiger partial charge >= 0.3 is 0 Å². The molecule has 0 saturated carbocycles. The minimum absolute atomic E-state index is 0.133. The Morgan fingerprint density at radius 1 is 1.33 bits per heavy atom. The van der Waals surface area contributed by atoms with Gasteiger partial charge in [-0.05, 0) is 19.8 Å². The molecule has 0 aliphatic carbocycles. The molecule has 3 heteroatoms. The van der Waals surface area contributed by atoms with E-state index < -0.39 is 5.92 Å². The van der Waals surface area contributed by atoms with Gasteiger partial charge < -0.3 is 5.32 Å². The number of carbonyl (C=O) groups excluding carboxylic acids is 1. The van der Waals surface area contributed by atoms with E-state index in [1.54, 1.807) is 6.92 Å². The largest absolute Gasteiger partial charge is 0.352 e. The summed E-state index contributed by atoms with van der Waals surface area (Å²) >= 11 is 0. The highest BCUT2D eigenvalue weighted by atomic mass is 16.1. The SMILES string of the molecule is CC(C#N)C(=O)NC(C)C(C)C. The van der Waals surface area contributed by atoms with Gasteiger partial charge in [0.05, 0.1) is 6.07 Å². The lowest BCUT2D eigenvalue weighted by atomic mass is 10.1. The first kappa shape index (κ1) is 11.0. The molecule has 0 fully saturated rings. The molecule has 0 aromatic heterocycles. The molecule has 1 amide bonds. The summed E-state index contributed by atoms with van der Waals surface area (Å²) in [6, 6.07) is 2.03. The summed E-state index contributed by atoms with van der Waals surface area (Å²) in [4.78, 5) is 11.2. The van der Waals surface area contributed by atoms with E-state index in [-0.39, 0.29) is 11.9 Å². The van der Waals surface area contributed by atoms with Crippen LogP contribution < -0.4 is 5.32 Å². The molecular formula is C9H16N2O. The summed E-state index contributed by atoms with van der Waals surface area (Å²) < 4.78 is 0. The number of carbonyl (C=O) groups is 1. The van der Waals surface area contributed by atoms with Crippen LogP contribution in [0, 0.1) is 23.2 Å². The molecule has 0 heterocycles. The van der Waals surface area contributed by atoms with Crippen molar-refractivity contribution in [2.75, 3.05) is 0 Å². The first-order valence-electron chi connectivity index (χ1n) is 4.19. The van der Waals surface area contributed by atoms with Crippen molar-refractivity contribution in [2.24, 2.45) is 11.8 Å².